The van der Waals surface area contributed by atoms with E-state index in [4.69, 9.17) is 23.7 Å². The normalized spacial score (nSPS) is 11.9. The number of hydrogen-bond donors (Lipinski definition) is 1. The molecule has 0 unspecified atom stereocenters. The number of rotatable bonds is 13. The molecule has 0 fully saturated rings. The van der Waals surface area contributed by atoms with E-state index in [9.17, 15) is 19.5 Å². The van der Waals surface area contributed by atoms with Crippen molar-refractivity contribution in [1.82, 2.24) is 4.57 Å². The number of aliphatic hydroxyl groups is 1. The van der Waals surface area contributed by atoms with Crippen molar-refractivity contribution in [3.05, 3.63) is 98.3 Å². The van der Waals surface area contributed by atoms with Crippen LogP contribution in [0, 0.1) is 0 Å². The third-order valence-corrected chi connectivity index (χ3v) is 7.60. The van der Waals surface area contributed by atoms with Gasteiger partial charge in [-0.25, -0.2) is 9.59 Å². The first kappa shape index (κ1) is 31.6. The van der Waals surface area contributed by atoms with Crippen molar-refractivity contribution in [3.63, 3.8) is 0 Å². The summed E-state index contributed by atoms with van der Waals surface area (Å²) < 4.78 is 29.6. The number of fused-ring (bicyclic) bond motifs is 2. The van der Waals surface area contributed by atoms with Crippen LogP contribution in [0.4, 0.5) is 0 Å². The molecule has 5 rings (SSSR count). The SMILES string of the molecule is CCOC(=O)c1cccc(Cc2c(C(=O)OCC)n(Cc3cc4c(cc3CC)OCO4)c3ccc(OCCCO)cc3c2=O)c1. The van der Waals surface area contributed by atoms with Gasteiger partial charge in [0.05, 0.1) is 30.9 Å². The second kappa shape index (κ2) is 14.3. The average Bonchev–Trinajstić information content (AvgIpc) is 3.50. The molecule has 45 heavy (non-hydrogen) atoms. The van der Waals surface area contributed by atoms with Gasteiger partial charge in [-0.1, -0.05) is 19.1 Å². The van der Waals surface area contributed by atoms with E-state index < -0.39 is 11.9 Å². The lowest BCUT2D eigenvalue weighted by Crippen LogP contribution is -2.26. The van der Waals surface area contributed by atoms with Crippen molar-refractivity contribution in [3.8, 4) is 17.2 Å². The molecule has 4 aromatic rings. The number of aryl methyl sites for hydroxylation is 1. The molecule has 1 N–H and O–H groups in total. The van der Waals surface area contributed by atoms with Gasteiger partial charge >= 0.3 is 11.9 Å². The fraction of sp³-hybridized carbons (Fsp3) is 0.343. The molecule has 236 valence electrons. The highest BCUT2D eigenvalue weighted by Crippen LogP contribution is 2.36. The van der Waals surface area contributed by atoms with E-state index in [1.165, 1.54) is 0 Å². The Kier molecular flexibility index (Phi) is 10.0. The molecule has 1 aliphatic heterocycles. The fourth-order valence-corrected chi connectivity index (χ4v) is 5.49. The van der Waals surface area contributed by atoms with E-state index in [2.05, 4.69) is 0 Å². The summed E-state index contributed by atoms with van der Waals surface area (Å²) in [5.41, 5.74) is 3.45. The van der Waals surface area contributed by atoms with Gasteiger partial charge in [-0.05, 0) is 79.4 Å². The lowest BCUT2D eigenvalue weighted by molar-refractivity contribution is 0.0507. The van der Waals surface area contributed by atoms with Gasteiger partial charge in [0.2, 0.25) is 6.79 Å². The summed E-state index contributed by atoms with van der Waals surface area (Å²) in [5.74, 6) is 0.644. The molecule has 0 spiro atoms. The van der Waals surface area contributed by atoms with Gasteiger partial charge in [-0.15, -0.1) is 0 Å². The third-order valence-electron chi connectivity index (χ3n) is 7.60. The molecule has 0 radical (unpaired) electrons. The van der Waals surface area contributed by atoms with Crippen LogP contribution in [-0.2, 0) is 28.9 Å². The molecular formula is C35H37NO9. The molecule has 1 aromatic heterocycles. The summed E-state index contributed by atoms with van der Waals surface area (Å²) in [7, 11) is 0. The van der Waals surface area contributed by atoms with Crippen molar-refractivity contribution >= 4 is 22.8 Å². The molecule has 10 heteroatoms. The first-order chi connectivity index (χ1) is 21.9. The Morgan fingerprint density at radius 3 is 2.36 bits per heavy atom. The summed E-state index contributed by atoms with van der Waals surface area (Å²) in [5, 5.41) is 9.56. The molecule has 0 saturated heterocycles. The number of ether oxygens (including phenoxy) is 5. The van der Waals surface area contributed by atoms with Crippen molar-refractivity contribution in [1.29, 1.82) is 0 Å². The van der Waals surface area contributed by atoms with Crippen LogP contribution in [-0.4, -0.2) is 54.8 Å². The first-order valence-electron chi connectivity index (χ1n) is 15.2. The van der Waals surface area contributed by atoms with E-state index in [0.29, 0.717) is 52.1 Å². The zero-order valence-corrected chi connectivity index (χ0v) is 25.7. The predicted octanol–water partition coefficient (Wildman–Crippen LogP) is 5.05. The van der Waals surface area contributed by atoms with Crippen LogP contribution in [0.3, 0.4) is 0 Å². The molecule has 0 aliphatic carbocycles. The Labute approximate surface area is 261 Å². The van der Waals surface area contributed by atoms with E-state index in [0.717, 1.165) is 11.1 Å². The number of aromatic nitrogens is 1. The van der Waals surface area contributed by atoms with Gasteiger partial charge in [0.25, 0.3) is 0 Å². The molecule has 0 saturated carbocycles. The smallest absolute Gasteiger partial charge is 0.355 e. The predicted molar refractivity (Wildman–Crippen MR) is 168 cm³/mol. The van der Waals surface area contributed by atoms with Crippen LogP contribution in [0.5, 0.6) is 17.2 Å². The molecule has 0 amide bonds. The van der Waals surface area contributed by atoms with Crippen LogP contribution < -0.4 is 19.6 Å². The van der Waals surface area contributed by atoms with Crippen molar-refractivity contribution in [2.45, 2.75) is 46.6 Å². The zero-order valence-electron chi connectivity index (χ0n) is 25.7. The van der Waals surface area contributed by atoms with Gasteiger partial charge in [0.1, 0.15) is 11.4 Å². The maximum Gasteiger partial charge on any atom is 0.355 e. The van der Waals surface area contributed by atoms with Crippen LogP contribution in [0.2, 0.25) is 0 Å². The summed E-state index contributed by atoms with van der Waals surface area (Å²) in [4.78, 5) is 40.5. The molecule has 3 aromatic carbocycles. The van der Waals surface area contributed by atoms with Gasteiger partial charge in [0.15, 0.2) is 16.9 Å². The number of nitrogens with zero attached hydrogens (tertiary/aromatic N) is 1. The lowest BCUT2D eigenvalue weighted by Gasteiger charge is -2.21. The second-order valence-electron chi connectivity index (χ2n) is 10.5. The fourth-order valence-electron chi connectivity index (χ4n) is 5.49. The van der Waals surface area contributed by atoms with Crippen molar-refractivity contribution in [2.75, 3.05) is 33.2 Å². The number of benzene rings is 3. The van der Waals surface area contributed by atoms with Gasteiger partial charge < -0.3 is 33.4 Å². The Hall–Kier alpha value is -4.83. The average molecular weight is 616 g/mol. The summed E-state index contributed by atoms with van der Waals surface area (Å²) in [6.07, 6.45) is 1.21. The largest absolute Gasteiger partial charge is 0.493 e. The number of carbonyl (C=O) groups is 2. The monoisotopic (exact) mass is 615 g/mol. The summed E-state index contributed by atoms with van der Waals surface area (Å²) in [6, 6.07) is 15.9. The summed E-state index contributed by atoms with van der Waals surface area (Å²) in [6.45, 7) is 6.46. The highest BCUT2D eigenvalue weighted by atomic mass is 16.7. The molecular weight excluding hydrogens is 578 g/mol. The van der Waals surface area contributed by atoms with Gasteiger partial charge in [-0.2, -0.15) is 0 Å². The van der Waals surface area contributed by atoms with Gasteiger partial charge in [0, 0.05) is 36.9 Å². The third kappa shape index (κ3) is 6.81. The van der Waals surface area contributed by atoms with Crippen LogP contribution in [0.1, 0.15) is 70.3 Å². The minimum absolute atomic E-state index is 0.0202. The minimum atomic E-state index is -0.630. The Bertz CT molecular complexity index is 1780. The van der Waals surface area contributed by atoms with Crippen molar-refractivity contribution < 1.29 is 38.4 Å². The lowest BCUT2D eigenvalue weighted by atomic mass is 9.97. The quantitative estimate of drug-likeness (QED) is 0.163. The van der Waals surface area contributed by atoms with E-state index in [-0.39, 0.29) is 62.9 Å². The highest BCUT2D eigenvalue weighted by Gasteiger charge is 2.26. The Balaban J connectivity index is 1.73. The maximum absolute atomic E-state index is 14.3. The molecule has 1 aliphatic rings. The summed E-state index contributed by atoms with van der Waals surface area (Å²) >= 11 is 0. The standard InChI is InChI=1S/C35H37NO9/c1-4-23-17-30-31(45-21-44-30)18-25(23)20-36-29-12-11-26(43-14-8-13-37)19-27(29)33(38)28(32(36)35(40)42-6-3)16-22-9-7-10-24(15-22)34(39)41-5-2/h7,9-12,15,17-19,37H,4-6,8,13-14,16,20-21H2,1-3H3. The topological polar surface area (TPSA) is 123 Å². The number of esters is 2. The van der Waals surface area contributed by atoms with E-state index in [1.807, 2.05) is 23.6 Å². The first-order valence-corrected chi connectivity index (χ1v) is 15.2. The van der Waals surface area contributed by atoms with Crippen LogP contribution >= 0.6 is 0 Å². The van der Waals surface area contributed by atoms with Gasteiger partial charge in [-0.3, -0.25) is 4.79 Å². The van der Waals surface area contributed by atoms with Crippen molar-refractivity contribution in [2.24, 2.45) is 0 Å². The van der Waals surface area contributed by atoms with Crippen LogP contribution in [0.15, 0.2) is 59.4 Å². The maximum atomic E-state index is 14.3. The molecule has 10 nitrogen and oxygen atoms in total. The zero-order chi connectivity index (χ0) is 31.9. The minimum Gasteiger partial charge on any atom is -0.493 e. The number of aliphatic hydroxyl groups excluding tert-OH is 1. The van der Waals surface area contributed by atoms with E-state index >= 15 is 0 Å². The Morgan fingerprint density at radius 1 is 0.911 bits per heavy atom. The molecule has 0 atom stereocenters. The highest BCUT2D eigenvalue weighted by molar-refractivity contribution is 5.94. The number of carbonyl (C=O) groups excluding carboxylic acids is 2. The molecule has 0 bridgehead atoms. The molecule has 2 heterocycles. The second-order valence-corrected chi connectivity index (χ2v) is 10.5. The number of pyridine rings is 1. The van der Waals surface area contributed by atoms with Crippen LogP contribution in [0.25, 0.3) is 10.9 Å². The van der Waals surface area contributed by atoms with E-state index in [1.54, 1.807) is 56.3 Å². The Morgan fingerprint density at radius 2 is 1.64 bits per heavy atom. The number of hydrogen-bond acceptors (Lipinski definition) is 9.